The van der Waals surface area contributed by atoms with Crippen LogP contribution in [0, 0.1) is 13.8 Å². The number of carbonyl (C=O) groups excluding carboxylic acids is 2. The zero-order valence-electron chi connectivity index (χ0n) is 17.9. The van der Waals surface area contributed by atoms with Gasteiger partial charge in [-0.05, 0) is 45.9 Å². The van der Waals surface area contributed by atoms with Gasteiger partial charge in [0.2, 0.25) is 0 Å². The number of aromatic nitrogens is 2. The second-order valence-corrected chi connectivity index (χ2v) is 9.51. The molecule has 0 saturated carbocycles. The predicted octanol–water partition coefficient (Wildman–Crippen LogP) is 2.56. The molecule has 0 aromatic carbocycles. The summed E-state index contributed by atoms with van der Waals surface area (Å²) < 4.78 is 0. The Morgan fingerprint density at radius 3 is 2.43 bits per heavy atom. The second kappa shape index (κ2) is 8.81. The number of likely N-dealkylation sites (N-methyl/N-ethyl adjacent to an activating group) is 1. The first-order valence-electron chi connectivity index (χ1n) is 10.6. The molecule has 0 radical (unpaired) electrons. The molecule has 4 heterocycles. The van der Waals surface area contributed by atoms with E-state index < -0.39 is 0 Å². The van der Waals surface area contributed by atoms with Crippen LogP contribution in [0.1, 0.15) is 55.2 Å². The maximum atomic E-state index is 13.0. The second-order valence-electron chi connectivity index (χ2n) is 8.30. The van der Waals surface area contributed by atoms with Crippen molar-refractivity contribution >= 4 is 23.2 Å². The topological polar surface area (TPSA) is 69.6 Å². The van der Waals surface area contributed by atoms with Gasteiger partial charge in [0.1, 0.15) is 4.88 Å². The summed E-state index contributed by atoms with van der Waals surface area (Å²) >= 11 is 1.47. The van der Waals surface area contributed by atoms with Gasteiger partial charge in [-0.25, -0.2) is 4.98 Å². The Kier molecular flexibility index (Phi) is 6.15. The van der Waals surface area contributed by atoms with Crippen molar-refractivity contribution < 1.29 is 9.59 Å². The Labute approximate surface area is 181 Å². The van der Waals surface area contributed by atoms with E-state index in [9.17, 15) is 9.59 Å². The van der Waals surface area contributed by atoms with Crippen LogP contribution in [0.5, 0.6) is 0 Å². The molecule has 4 rings (SSSR count). The smallest absolute Gasteiger partial charge is 0.265 e. The highest BCUT2D eigenvalue weighted by molar-refractivity contribution is 7.13. The molecule has 7 nitrogen and oxygen atoms in total. The number of hydrogen-bond donors (Lipinski definition) is 0. The molecule has 0 spiro atoms. The van der Waals surface area contributed by atoms with Crippen molar-refractivity contribution in [2.75, 3.05) is 46.3 Å². The fraction of sp³-hybridized carbons (Fsp3) is 0.545. The number of rotatable bonds is 3. The lowest BCUT2D eigenvalue weighted by Crippen LogP contribution is -2.47. The number of nitrogens with zero attached hydrogens (tertiary/aromatic N) is 5. The average Bonchev–Trinajstić information content (AvgIpc) is 3.11. The van der Waals surface area contributed by atoms with E-state index >= 15 is 0 Å². The molecule has 30 heavy (non-hydrogen) atoms. The molecule has 0 unspecified atom stereocenters. The monoisotopic (exact) mass is 427 g/mol. The molecule has 2 amide bonds. The van der Waals surface area contributed by atoms with Gasteiger partial charge in [0.05, 0.1) is 16.3 Å². The molecule has 0 bridgehead atoms. The van der Waals surface area contributed by atoms with Crippen molar-refractivity contribution in [2.45, 2.75) is 32.6 Å². The maximum absolute atomic E-state index is 13.0. The lowest BCUT2D eigenvalue weighted by Gasteiger charge is -2.33. The van der Waals surface area contributed by atoms with Gasteiger partial charge in [0, 0.05) is 57.1 Å². The SMILES string of the molecule is Cc1nc(C)c(C(=O)N2CCC[C@H](c3ccc(C(=O)N4CCN(C)CC4)cn3)C2)s1. The quantitative estimate of drug-likeness (QED) is 0.753. The molecule has 8 heteroatoms. The van der Waals surface area contributed by atoms with E-state index in [0.717, 1.165) is 66.8 Å². The van der Waals surface area contributed by atoms with Crippen molar-refractivity contribution in [3.05, 3.63) is 45.2 Å². The van der Waals surface area contributed by atoms with Crippen molar-refractivity contribution in [1.82, 2.24) is 24.7 Å². The van der Waals surface area contributed by atoms with E-state index in [1.807, 2.05) is 35.8 Å². The molecule has 2 saturated heterocycles. The minimum absolute atomic E-state index is 0.0543. The van der Waals surface area contributed by atoms with E-state index in [1.54, 1.807) is 6.20 Å². The molecule has 2 aliphatic rings. The van der Waals surface area contributed by atoms with E-state index in [2.05, 4.69) is 21.9 Å². The molecule has 0 N–H and O–H groups in total. The Balaban J connectivity index is 1.42. The molecule has 160 valence electrons. The zero-order chi connectivity index (χ0) is 21.3. The maximum Gasteiger partial charge on any atom is 0.265 e. The number of piperazine rings is 1. The number of hydrogen-bond acceptors (Lipinski definition) is 6. The van der Waals surface area contributed by atoms with Crippen LogP contribution < -0.4 is 0 Å². The fourth-order valence-electron chi connectivity index (χ4n) is 4.24. The third kappa shape index (κ3) is 4.39. The predicted molar refractivity (Wildman–Crippen MR) is 117 cm³/mol. The van der Waals surface area contributed by atoms with Crippen LogP contribution in [-0.2, 0) is 0 Å². The lowest BCUT2D eigenvalue weighted by atomic mass is 9.93. The standard InChI is InChI=1S/C22H29N5O2S/c1-15-20(30-16(2)24-15)22(29)27-8-4-5-18(14-27)19-7-6-17(13-23-19)21(28)26-11-9-25(3)10-12-26/h6-7,13,18H,4-5,8-12,14H2,1-3H3/t18-/m0/s1. The molecule has 0 aliphatic carbocycles. The summed E-state index contributed by atoms with van der Waals surface area (Å²) in [6.07, 6.45) is 3.66. The summed E-state index contributed by atoms with van der Waals surface area (Å²) in [5, 5.41) is 0.923. The van der Waals surface area contributed by atoms with Crippen LogP contribution in [0.25, 0.3) is 0 Å². The number of piperidine rings is 1. The fourth-order valence-corrected chi connectivity index (χ4v) is 5.13. The first-order chi connectivity index (χ1) is 14.4. The Hall–Kier alpha value is -2.32. The summed E-state index contributed by atoms with van der Waals surface area (Å²) in [7, 11) is 2.08. The summed E-state index contributed by atoms with van der Waals surface area (Å²) in [6, 6.07) is 3.85. The number of likely N-dealkylation sites (tertiary alicyclic amines) is 1. The summed E-state index contributed by atoms with van der Waals surface area (Å²) in [4.78, 5) is 41.5. The first-order valence-corrected chi connectivity index (χ1v) is 11.4. The van der Waals surface area contributed by atoms with Gasteiger partial charge in [-0.2, -0.15) is 0 Å². The minimum Gasteiger partial charge on any atom is -0.337 e. The third-order valence-corrected chi connectivity index (χ3v) is 7.11. The number of pyridine rings is 1. The van der Waals surface area contributed by atoms with E-state index in [4.69, 9.17) is 0 Å². The Morgan fingerprint density at radius 2 is 1.80 bits per heavy atom. The average molecular weight is 428 g/mol. The lowest BCUT2D eigenvalue weighted by molar-refractivity contribution is 0.0663. The summed E-state index contributed by atoms with van der Waals surface area (Å²) in [5.74, 6) is 0.327. The molecular weight excluding hydrogens is 398 g/mol. The van der Waals surface area contributed by atoms with Crippen LogP contribution in [0.15, 0.2) is 18.3 Å². The van der Waals surface area contributed by atoms with Crippen LogP contribution in [-0.4, -0.2) is 82.8 Å². The number of amides is 2. The van der Waals surface area contributed by atoms with Crippen LogP contribution in [0.2, 0.25) is 0 Å². The van der Waals surface area contributed by atoms with Crippen LogP contribution >= 0.6 is 11.3 Å². The number of aryl methyl sites for hydroxylation is 2. The van der Waals surface area contributed by atoms with Gasteiger partial charge in [-0.3, -0.25) is 14.6 Å². The van der Waals surface area contributed by atoms with Gasteiger partial charge >= 0.3 is 0 Å². The highest BCUT2D eigenvalue weighted by atomic mass is 32.1. The normalized spacial score (nSPS) is 20.4. The van der Waals surface area contributed by atoms with Gasteiger partial charge in [0.25, 0.3) is 11.8 Å². The van der Waals surface area contributed by atoms with E-state index in [-0.39, 0.29) is 17.7 Å². The van der Waals surface area contributed by atoms with Crippen LogP contribution in [0.3, 0.4) is 0 Å². The van der Waals surface area contributed by atoms with E-state index in [0.29, 0.717) is 12.1 Å². The molecule has 1 atom stereocenters. The zero-order valence-corrected chi connectivity index (χ0v) is 18.7. The van der Waals surface area contributed by atoms with Crippen molar-refractivity contribution in [3.63, 3.8) is 0 Å². The van der Waals surface area contributed by atoms with Crippen molar-refractivity contribution in [3.8, 4) is 0 Å². The molecular formula is C22H29N5O2S. The van der Waals surface area contributed by atoms with Gasteiger partial charge in [-0.1, -0.05) is 0 Å². The van der Waals surface area contributed by atoms with Gasteiger partial charge in [-0.15, -0.1) is 11.3 Å². The highest BCUT2D eigenvalue weighted by Gasteiger charge is 2.28. The molecule has 2 fully saturated rings. The van der Waals surface area contributed by atoms with Crippen LogP contribution in [0.4, 0.5) is 0 Å². The molecule has 2 aliphatic heterocycles. The number of thiazole rings is 1. The third-order valence-electron chi connectivity index (χ3n) is 6.05. The van der Waals surface area contributed by atoms with Gasteiger partial charge in [0.15, 0.2) is 0 Å². The largest absolute Gasteiger partial charge is 0.337 e. The summed E-state index contributed by atoms with van der Waals surface area (Å²) in [5.41, 5.74) is 2.41. The Morgan fingerprint density at radius 1 is 1.03 bits per heavy atom. The number of carbonyl (C=O) groups is 2. The van der Waals surface area contributed by atoms with Gasteiger partial charge < -0.3 is 14.7 Å². The molecule has 2 aromatic rings. The van der Waals surface area contributed by atoms with Crippen molar-refractivity contribution in [1.29, 1.82) is 0 Å². The minimum atomic E-state index is 0.0543. The first kappa shape index (κ1) is 20.9. The van der Waals surface area contributed by atoms with E-state index in [1.165, 1.54) is 11.3 Å². The highest BCUT2D eigenvalue weighted by Crippen LogP contribution is 2.28. The van der Waals surface area contributed by atoms with Crippen molar-refractivity contribution in [2.24, 2.45) is 0 Å². The summed E-state index contributed by atoms with van der Waals surface area (Å²) in [6.45, 7) is 8.59. The Bertz CT molecular complexity index is 918. The molecule has 2 aromatic heterocycles.